The number of fused-ring (bicyclic) bond motifs is 14. The lowest BCUT2D eigenvalue weighted by Gasteiger charge is -2.34. The number of aromatic nitrogens is 2. The minimum atomic E-state index is -3.01. The molecule has 304 valence electrons. The van der Waals surface area contributed by atoms with Crippen LogP contribution in [0.15, 0.2) is 231 Å². The summed E-state index contributed by atoms with van der Waals surface area (Å²) in [6.07, 6.45) is 1.92. The second kappa shape index (κ2) is 14.1. The van der Waals surface area contributed by atoms with Crippen LogP contribution in [0, 0.1) is 0 Å². The van der Waals surface area contributed by atoms with E-state index in [1.165, 1.54) is 115 Å². The number of nitrogens with zero attached hydrogens (tertiary/aromatic N) is 2. The van der Waals surface area contributed by atoms with Crippen LogP contribution in [0.25, 0.3) is 61.1 Å². The van der Waals surface area contributed by atoms with E-state index in [2.05, 4.69) is 240 Å². The molecule has 3 aliphatic rings. The molecule has 3 heteroatoms. The Hall–Kier alpha value is -7.85. The van der Waals surface area contributed by atoms with E-state index in [1.54, 1.807) is 0 Å². The summed E-state index contributed by atoms with van der Waals surface area (Å²) in [6, 6.07) is 87.8. The highest BCUT2D eigenvalue weighted by Crippen LogP contribution is 2.46. The lowest BCUT2D eigenvalue weighted by Crippen LogP contribution is -2.74. The van der Waals surface area contributed by atoms with Crippen LogP contribution in [0.1, 0.15) is 39.4 Å². The molecule has 0 fully saturated rings. The molecule has 14 rings (SSSR count). The van der Waals surface area contributed by atoms with Crippen molar-refractivity contribution in [3.63, 3.8) is 0 Å². The van der Waals surface area contributed by atoms with Gasteiger partial charge in [0.25, 0.3) is 0 Å². The van der Waals surface area contributed by atoms with Gasteiger partial charge in [-0.1, -0.05) is 188 Å². The summed E-state index contributed by atoms with van der Waals surface area (Å²) >= 11 is 0. The molecule has 1 atom stereocenters. The zero-order valence-corrected chi connectivity index (χ0v) is 36.8. The Labute approximate surface area is 380 Å². The first-order valence-corrected chi connectivity index (χ1v) is 25.0. The monoisotopic (exact) mass is 843 g/mol. The molecule has 3 heterocycles. The van der Waals surface area contributed by atoms with Gasteiger partial charge in [-0.3, -0.25) is 0 Å². The van der Waals surface area contributed by atoms with E-state index >= 15 is 0 Å². The molecule has 0 radical (unpaired) electrons. The third-order valence-electron chi connectivity index (χ3n) is 14.9. The summed E-state index contributed by atoms with van der Waals surface area (Å²) in [5, 5.41) is 8.10. The van der Waals surface area contributed by atoms with Crippen molar-refractivity contribution in [2.45, 2.75) is 18.9 Å². The maximum atomic E-state index is 2.67. The third-order valence-corrected chi connectivity index (χ3v) is 19.6. The number of hydrogen-bond acceptors (Lipinski definition) is 0. The average Bonchev–Trinajstić information content (AvgIpc) is 4.13. The van der Waals surface area contributed by atoms with Crippen LogP contribution in [-0.2, 0) is 12.8 Å². The van der Waals surface area contributed by atoms with Gasteiger partial charge < -0.3 is 4.57 Å². The minimum absolute atomic E-state index is 0.0631. The van der Waals surface area contributed by atoms with Gasteiger partial charge in [0.1, 0.15) is 0 Å². The fraction of sp³-hybridized carbons (Fsp3) is 0.0484. The molecule has 1 unspecified atom stereocenters. The molecule has 0 spiro atoms. The summed E-state index contributed by atoms with van der Waals surface area (Å²) in [4.78, 5) is 0. The zero-order chi connectivity index (χ0) is 42.6. The van der Waals surface area contributed by atoms with Crippen LogP contribution in [0.4, 0.5) is 0 Å². The van der Waals surface area contributed by atoms with Crippen LogP contribution in [0.3, 0.4) is 0 Å². The number of pyridine rings is 1. The van der Waals surface area contributed by atoms with Crippen molar-refractivity contribution >= 4 is 50.6 Å². The SMILES string of the molecule is c1ccc(C2c3ccc([Si](c4ccccc4)(c4ccccc4)c4ccc5c(c4)c4ccc6c(c4n5-c4ccccc4)-c4ccccc4C6)cc3-c3ccc4c([n+]32)-c2ccccc2C4)cc1. The molecule has 11 aromatic rings. The summed E-state index contributed by atoms with van der Waals surface area (Å²) in [5.74, 6) is 0. The molecular weight excluding hydrogens is 801 g/mol. The van der Waals surface area contributed by atoms with Gasteiger partial charge in [-0.05, 0) is 85.8 Å². The first kappa shape index (κ1) is 36.6. The van der Waals surface area contributed by atoms with Gasteiger partial charge in [0.05, 0.1) is 22.2 Å². The predicted octanol–water partition coefficient (Wildman–Crippen LogP) is 11.2. The molecule has 9 aromatic carbocycles. The second-order valence-electron chi connectivity index (χ2n) is 18.1. The average molecular weight is 844 g/mol. The summed E-state index contributed by atoms with van der Waals surface area (Å²) in [5.41, 5.74) is 20.0. The third kappa shape index (κ3) is 5.19. The largest absolute Gasteiger partial charge is 0.309 e. The fourth-order valence-corrected chi connectivity index (χ4v) is 17.0. The minimum Gasteiger partial charge on any atom is -0.309 e. The molecule has 0 saturated heterocycles. The number of hydrogen-bond donors (Lipinski definition) is 0. The topological polar surface area (TPSA) is 8.81 Å². The normalized spacial score (nSPS) is 14.2. The molecule has 0 N–H and O–H groups in total. The Kier molecular flexibility index (Phi) is 7.93. The summed E-state index contributed by atoms with van der Waals surface area (Å²) in [6.45, 7) is 0. The number of rotatable bonds is 6. The lowest BCUT2D eigenvalue weighted by atomic mass is 9.97. The molecule has 2 aromatic heterocycles. The van der Waals surface area contributed by atoms with Crippen molar-refractivity contribution in [1.29, 1.82) is 0 Å². The Morgan fingerprint density at radius 2 is 1.00 bits per heavy atom. The van der Waals surface area contributed by atoms with Gasteiger partial charge in [0, 0.05) is 51.2 Å². The Bertz CT molecular complexity index is 3660. The van der Waals surface area contributed by atoms with Crippen LogP contribution in [0.5, 0.6) is 0 Å². The van der Waals surface area contributed by atoms with Crippen LogP contribution >= 0.6 is 0 Å². The Morgan fingerprint density at radius 1 is 0.415 bits per heavy atom. The highest BCUT2D eigenvalue weighted by Gasteiger charge is 2.47. The fourth-order valence-electron chi connectivity index (χ4n) is 12.2. The lowest BCUT2D eigenvalue weighted by molar-refractivity contribution is -0.678. The van der Waals surface area contributed by atoms with Gasteiger partial charge >= 0.3 is 0 Å². The molecule has 65 heavy (non-hydrogen) atoms. The van der Waals surface area contributed by atoms with Crippen molar-refractivity contribution in [1.82, 2.24) is 4.57 Å². The molecule has 2 nitrogen and oxygen atoms in total. The molecule has 0 bridgehead atoms. The quantitative estimate of drug-likeness (QED) is 0.0896. The zero-order valence-electron chi connectivity index (χ0n) is 35.8. The van der Waals surface area contributed by atoms with Crippen LogP contribution in [-0.4, -0.2) is 12.6 Å². The molecule has 0 saturated carbocycles. The van der Waals surface area contributed by atoms with Crippen molar-refractivity contribution in [2.24, 2.45) is 0 Å². The molecular formula is C62H43N2Si+. The van der Waals surface area contributed by atoms with Crippen LogP contribution < -0.4 is 25.3 Å². The van der Waals surface area contributed by atoms with Crippen molar-refractivity contribution in [3.05, 3.63) is 264 Å². The molecule has 2 aliphatic carbocycles. The van der Waals surface area contributed by atoms with E-state index in [9.17, 15) is 0 Å². The predicted molar refractivity (Wildman–Crippen MR) is 270 cm³/mol. The van der Waals surface area contributed by atoms with E-state index < -0.39 is 8.07 Å². The van der Waals surface area contributed by atoms with Crippen molar-refractivity contribution < 1.29 is 4.57 Å². The number of benzene rings is 9. The van der Waals surface area contributed by atoms with E-state index in [4.69, 9.17) is 0 Å². The Balaban J connectivity index is 1.07. The van der Waals surface area contributed by atoms with Crippen molar-refractivity contribution in [2.75, 3.05) is 0 Å². The van der Waals surface area contributed by atoms with Gasteiger partial charge in [-0.15, -0.1) is 0 Å². The molecule has 0 amide bonds. The van der Waals surface area contributed by atoms with Gasteiger partial charge in [0.2, 0.25) is 17.4 Å². The van der Waals surface area contributed by atoms with E-state index in [1.807, 2.05) is 0 Å². The smallest absolute Gasteiger partial charge is 0.217 e. The highest BCUT2D eigenvalue weighted by atomic mass is 28.3. The second-order valence-corrected chi connectivity index (χ2v) is 21.9. The Morgan fingerprint density at radius 3 is 1.74 bits per heavy atom. The van der Waals surface area contributed by atoms with Gasteiger partial charge in [0.15, 0.2) is 8.07 Å². The first-order valence-electron chi connectivity index (χ1n) is 23.0. The number of para-hydroxylation sites is 1. The first-order chi connectivity index (χ1) is 32.3. The maximum absolute atomic E-state index is 3.01. The summed E-state index contributed by atoms with van der Waals surface area (Å²) in [7, 11) is -3.01. The standard InChI is InChI=1S/C62H43N2Si/c1-5-17-41(18-6-1)60-53-34-31-49(39-55(53)58-35-30-45-38-43-20-14-16-28-52(43)61(45)64(58)60)65(47-23-9-3-10-24-47,48-25-11-4-12-26-48)50-32-36-57-56(40-50)54-33-29-44-37-42-19-13-15-27-51(42)59(44)62(54)63(57)46-21-7-2-8-22-46/h1-36,39-40,60H,37-38H2/q+1. The van der Waals surface area contributed by atoms with Crippen molar-refractivity contribution in [3.8, 4) is 39.3 Å². The molecule has 1 aliphatic heterocycles. The van der Waals surface area contributed by atoms with E-state index in [-0.39, 0.29) is 6.04 Å². The van der Waals surface area contributed by atoms with E-state index in [0.717, 1.165) is 12.8 Å². The maximum Gasteiger partial charge on any atom is 0.217 e. The highest BCUT2D eigenvalue weighted by molar-refractivity contribution is 7.20. The van der Waals surface area contributed by atoms with Gasteiger partial charge in [-0.25, -0.2) is 0 Å². The summed E-state index contributed by atoms with van der Waals surface area (Å²) < 4.78 is 5.20. The van der Waals surface area contributed by atoms with Gasteiger partial charge in [-0.2, -0.15) is 4.57 Å². The van der Waals surface area contributed by atoms with Crippen LogP contribution in [0.2, 0.25) is 0 Å². The van der Waals surface area contributed by atoms with E-state index in [0.29, 0.717) is 0 Å².